The van der Waals surface area contributed by atoms with Gasteiger partial charge in [-0.3, -0.25) is 9.36 Å². The van der Waals surface area contributed by atoms with Crippen molar-refractivity contribution in [3.05, 3.63) is 107 Å². The number of thiophene rings is 1. The molecule has 7 nitrogen and oxygen atoms in total. The predicted molar refractivity (Wildman–Crippen MR) is 143 cm³/mol. The first-order valence-corrected chi connectivity index (χ1v) is 13.5. The van der Waals surface area contributed by atoms with Gasteiger partial charge in [-0.05, 0) is 42.1 Å². The summed E-state index contributed by atoms with van der Waals surface area (Å²) in [6.07, 6.45) is 1.82. The Morgan fingerprint density at radius 2 is 1.92 bits per heavy atom. The molecule has 0 unspecified atom stereocenters. The maximum absolute atomic E-state index is 13.8. The highest BCUT2D eigenvalue weighted by atomic mass is 32.1. The minimum absolute atomic E-state index is 0.217. The fraction of sp³-hybridized carbons (Fsp3) is 0.179. The molecule has 0 saturated heterocycles. The van der Waals surface area contributed by atoms with Crippen LogP contribution in [0.5, 0.6) is 11.5 Å². The van der Waals surface area contributed by atoms with Crippen LogP contribution in [0.2, 0.25) is 0 Å². The number of rotatable bonds is 5. The minimum atomic E-state index is -0.645. The van der Waals surface area contributed by atoms with Crippen molar-refractivity contribution in [2.45, 2.75) is 13.0 Å². The molecule has 4 aromatic rings. The second-order valence-electron chi connectivity index (χ2n) is 8.35. The molecule has 0 fully saturated rings. The van der Waals surface area contributed by atoms with Gasteiger partial charge in [0.1, 0.15) is 19.3 Å². The molecular formula is C28H22N2O5S2. The van der Waals surface area contributed by atoms with Crippen molar-refractivity contribution in [1.82, 2.24) is 4.57 Å². The number of carbonyl (C=O) groups is 1. The Hall–Kier alpha value is -3.95. The Balaban J connectivity index is 1.58. The van der Waals surface area contributed by atoms with Gasteiger partial charge in [0.25, 0.3) is 5.56 Å². The van der Waals surface area contributed by atoms with Crippen LogP contribution < -0.4 is 24.4 Å². The van der Waals surface area contributed by atoms with E-state index < -0.39 is 12.0 Å². The quantitative estimate of drug-likeness (QED) is 0.367. The number of fused-ring (bicyclic) bond motifs is 2. The Kier molecular flexibility index (Phi) is 6.23. The van der Waals surface area contributed by atoms with Crippen molar-refractivity contribution in [1.29, 1.82) is 0 Å². The number of hydrogen-bond acceptors (Lipinski definition) is 8. The standard InChI is InChI=1S/C28H22N2O5S2/c1-2-33-27(32)23-24(18-7-4-3-5-8-18)29-28-30(25(23)21-9-6-14-36-21)26(31)22(37-28)16-17-10-11-19-20(15-17)35-13-12-34-19/h3-11,14-16,25H,2,12-13H2,1H3/b22-16+/t25-/m0/s1. The summed E-state index contributed by atoms with van der Waals surface area (Å²) in [6, 6.07) is 18.3. The molecule has 0 radical (unpaired) electrons. The lowest BCUT2D eigenvalue weighted by Gasteiger charge is -2.24. The SMILES string of the molecule is CCOC(=O)C1=C(c2ccccc2)N=c2s/c(=C/c3ccc4c(c3)OCCO4)c(=O)n2[C@H]1c1cccs1. The summed E-state index contributed by atoms with van der Waals surface area (Å²) < 4.78 is 18.9. The summed E-state index contributed by atoms with van der Waals surface area (Å²) in [5.41, 5.74) is 2.26. The summed E-state index contributed by atoms with van der Waals surface area (Å²) in [4.78, 5) is 33.4. The summed E-state index contributed by atoms with van der Waals surface area (Å²) in [7, 11) is 0. The van der Waals surface area contributed by atoms with Gasteiger partial charge in [-0.1, -0.05) is 53.8 Å². The van der Waals surface area contributed by atoms with E-state index >= 15 is 0 Å². The van der Waals surface area contributed by atoms with Crippen LogP contribution in [0.3, 0.4) is 0 Å². The first-order chi connectivity index (χ1) is 18.1. The molecule has 186 valence electrons. The Morgan fingerprint density at radius 3 is 2.68 bits per heavy atom. The molecule has 0 N–H and O–H groups in total. The van der Waals surface area contributed by atoms with Gasteiger partial charge in [0, 0.05) is 10.4 Å². The van der Waals surface area contributed by atoms with Crippen molar-refractivity contribution in [2.75, 3.05) is 19.8 Å². The molecule has 9 heteroatoms. The summed E-state index contributed by atoms with van der Waals surface area (Å²) in [6.45, 7) is 2.98. The lowest BCUT2D eigenvalue weighted by atomic mass is 9.97. The van der Waals surface area contributed by atoms with Gasteiger partial charge < -0.3 is 14.2 Å². The number of esters is 1. The Morgan fingerprint density at radius 1 is 1.11 bits per heavy atom. The van der Waals surface area contributed by atoms with Crippen LogP contribution in [0.1, 0.15) is 29.0 Å². The van der Waals surface area contributed by atoms with Crippen LogP contribution in [0.4, 0.5) is 0 Å². The van der Waals surface area contributed by atoms with Gasteiger partial charge in [-0.2, -0.15) is 0 Å². The topological polar surface area (TPSA) is 79.1 Å². The first kappa shape index (κ1) is 23.4. The number of nitrogens with zero attached hydrogens (tertiary/aromatic N) is 2. The highest BCUT2D eigenvalue weighted by Gasteiger charge is 2.35. The van der Waals surface area contributed by atoms with Crippen molar-refractivity contribution in [3.63, 3.8) is 0 Å². The molecule has 2 aromatic carbocycles. The van der Waals surface area contributed by atoms with E-state index in [1.165, 1.54) is 22.7 Å². The van der Waals surface area contributed by atoms with Crippen LogP contribution in [0.15, 0.2) is 81.4 Å². The lowest BCUT2D eigenvalue weighted by molar-refractivity contribution is -0.138. The third kappa shape index (κ3) is 4.30. The van der Waals surface area contributed by atoms with E-state index in [0.29, 0.717) is 45.3 Å². The molecule has 0 spiro atoms. The number of thiazole rings is 1. The highest BCUT2D eigenvalue weighted by Crippen LogP contribution is 2.37. The van der Waals surface area contributed by atoms with Crippen LogP contribution >= 0.6 is 22.7 Å². The van der Waals surface area contributed by atoms with E-state index in [4.69, 9.17) is 19.2 Å². The minimum Gasteiger partial charge on any atom is -0.486 e. The molecule has 37 heavy (non-hydrogen) atoms. The van der Waals surface area contributed by atoms with Crippen molar-refractivity contribution < 1.29 is 19.0 Å². The number of benzene rings is 2. The third-order valence-corrected chi connectivity index (χ3v) is 7.96. The summed E-state index contributed by atoms with van der Waals surface area (Å²) in [5, 5.41) is 1.94. The zero-order valence-corrected chi connectivity index (χ0v) is 21.5. The van der Waals surface area contributed by atoms with Crippen molar-refractivity contribution in [3.8, 4) is 11.5 Å². The maximum Gasteiger partial charge on any atom is 0.338 e. The molecule has 0 amide bonds. The second kappa shape index (κ2) is 9.84. The van der Waals surface area contributed by atoms with Gasteiger partial charge in [0.15, 0.2) is 16.3 Å². The molecule has 0 aliphatic carbocycles. The normalized spacial score (nSPS) is 16.8. The molecule has 2 aliphatic heterocycles. The van der Waals surface area contributed by atoms with Crippen molar-refractivity contribution >= 4 is 40.4 Å². The van der Waals surface area contributed by atoms with Crippen LogP contribution in [0, 0.1) is 0 Å². The van der Waals surface area contributed by atoms with E-state index in [2.05, 4.69) is 0 Å². The number of ether oxygens (including phenoxy) is 3. The average molecular weight is 531 g/mol. The van der Waals surface area contributed by atoms with Gasteiger partial charge in [0.05, 0.1) is 22.4 Å². The van der Waals surface area contributed by atoms with E-state index in [1.54, 1.807) is 11.5 Å². The fourth-order valence-corrected chi connectivity index (χ4v) is 6.28. The fourth-order valence-electron chi connectivity index (χ4n) is 4.46. The van der Waals surface area contributed by atoms with Crippen LogP contribution in [-0.4, -0.2) is 30.4 Å². The van der Waals surface area contributed by atoms with Gasteiger partial charge >= 0.3 is 5.97 Å². The van der Waals surface area contributed by atoms with E-state index in [9.17, 15) is 9.59 Å². The zero-order valence-electron chi connectivity index (χ0n) is 19.9. The molecule has 2 aliphatic rings. The van der Waals surface area contributed by atoms with Gasteiger partial charge in [0.2, 0.25) is 0 Å². The second-order valence-corrected chi connectivity index (χ2v) is 10.3. The molecular weight excluding hydrogens is 508 g/mol. The lowest BCUT2D eigenvalue weighted by Crippen LogP contribution is -2.39. The smallest absolute Gasteiger partial charge is 0.338 e. The molecule has 1 atom stereocenters. The van der Waals surface area contributed by atoms with E-state index in [1.807, 2.05) is 72.1 Å². The maximum atomic E-state index is 13.8. The zero-order chi connectivity index (χ0) is 25.4. The number of hydrogen-bond donors (Lipinski definition) is 0. The third-order valence-electron chi connectivity index (χ3n) is 6.05. The van der Waals surface area contributed by atoms with Crippen LogP contribution in [0.25, 0.3) is 11.8 Å². The first-order valence-electron chi connectivity index (χ1n) is 11.9. The molecule has 2 aromatic heterocycles. The number of aromatic nitrogens is 1. The van der Waals surface area contributed by atoms with Crippen LogP contribution in [-0.2, 0) is 9.53 Å². The van der Waals surface area contributed by atoms with Gasteiger partial charge in [-0.25, -0.2) is 9.79 Å². The molecule has 0 bridgehead atoms. The summed E-state index contributed by atoms with van der Waals surface area (Å²) >= 11 is 2.78. The molecule has 6 rings (SSSR count). The molecule has 4 heterocycles. The van der Waals surface area contributed by atoms with E-state index in [0.717, 1.165) is 16.0 Å². The van der Waals surface area contributed by atoms with E-state index in [-0.39, 0.29) is 12.2 Å². The Labute approximate surface area is 220 Å². The molecule has 0 saturated carbocycles. The van der Waals surface area contributed by atoms with Crippen molar-refractivity contribution in [2.24, 2.45) is 4.99 Å². The van der Waals surface area contributed by atoms with Gasteiger partial charge in [-0.15, -0.1) is 11.3 Å². The summed E-state index contributed by atoms with van der Waals surface area (Å²) in [5.74, 6) is 0.860. The highest BCUT2D eigenvalue weighted by molar-refractivity contribution is 7.10. The Bertz CT molecular complexity index is 1680. The monoisotopic (exact) mass is 530 g/mol. The number of carbonyl (C=O) groups excluding carboxylic acids is 1. The predicted octanol–water partition coefficient (Wildman–Crippen LogP) is 3.77. The largest absolute Gasteiger partial charge is 0.486 e. The average Bonchev–Trinajstić information content (AvgIpc) is 3.57.